The molecule has 0 fully saturated rings. The third kappa shape index (κ3) is 2.68. The first kappa shape index (κ1) is 15.2. The number of aromatic nitrogens is 1. The van der Waals surface area contributed by atoms with Gasteiger partial charge in [-0.05, 0) is 42.8 Å². The van der Waals surface area contributed by atoms with Crippen LogP contribution in [0.15, 0.2) is 42.5 Å². The fraction of sp³-hybridized carbons (Fsp3) is 0.118. The lowest BCUT2D eigenvalue weighted by Crippen LogP contribution is -2.08. The van der Waals surface area contributed by atoms with Crippen LogP contribution in [0.4, 0.5) is 4.39 Å². The molecule has 1 heterocycles. The van der Waals surface area contributed by atoms with E-state index in [1.54, 1.807) is 6.07 Å². The molecule has 1 atom stereocenters. The highest BCUT2D eigenvalue weighted by atomic mass is 35.5. The average molecular weight is 335 g/mol. The van der Waals surface area contributed by atoms with E-state index in [-0.39, 0.29) is 11.9 Å². The third-order valence-electron chi connectivity index (χ3n) is 3.50. The third-order valence-corrected chi connectivity index (χ3v) is 4.13. The summed E-state index contributed by atoms with van der Waals surface area (Å²) in [5.41, 5.74) is 8.56. The number of rotatable bonds is 2. The van der Waals surface area contributed by atoms with Crippen LogP contribution in [0.2, 0.25) is 10.0 Å². The Morgan fingerprint density at radius 1 is 1.09 bits per heavy atom. The summed E-state index contributed by atoms with van der Waals surface area (Å²) in [7, 11) is 0. The summed E-state index contributed by atoms with van der Waals surface area (Å²) in [6, 6.07) is 11.4. The minimum atomic E-state index is -0.379. The Balaban J connectivity index is 2.38. The Hall–Kier alpha value is -1.68. The van der Waals surface area contributed by atoms with E-state index in [1.807, 2.05) is 25.1 Å². The van der Waals surface area contributed by atoms with Crippen molar-refractivity contribution in [3.63, 3.8) is 0 Å². The Labute approximate surface area is 137 Å². The molecule has 2 nitrogen and oxygen atoms in total. The number of hydrogen-bond acceptors (Lipinski definition) is 2. The van der Waals surface area contributed by atoms with Crippen molar-refractivity contribution in [3.05, 3.63) is 63.9 Å². The van der Waals surface area contributed by atoms with E-state index in [4.69, 9.17) is 28.9 Å². The minimum absolute atomic E-state index is 0.273. The molecule has 5 heteroatoms. The summed E-state index contributed by atoms with van der Waals surface area (Å²) < 4.78 is 13.6. The molecule has 0 saturated carbocycles. The van der Waals surface area contributed by atoms with Crippen LogP contribution in [0.3, 0.4) is 0 Å². The zero-order chi connectivity index (χ0) is 15.9. The van der Waals surface area contributed by atoms with E-state index >= 15 is 0 Å². The molecular weight excluding hydrogens is 322 g/mol. The van der Waals surface area contributed by atoms with Gasteiger partial charge in [-0.25, -0.2) is 9.37 Å². The maximum Gasteiger partial charge on any atom is 0.123 e. The molecule has 0 aliphatic carbocycles. The highest BCUT2D eigenvalue weighted by Gasteiger charge is 2.16. The van der Waals surface area contributed by atoms with Gasteiger partial charge in [-0.3, -0.25) is 0 Å². The van der Waals surface area contributed by atoms with Crippen molar-refractivity contribution in [3.8, 4) is 11.3 Å². The van der Waals surface area contributed by atoms with Crippen LogP contribution in [-0.4, -0.2) is 4.98 Å². The van der Waals surface area contributed by atoms with Gasteiger partial charge in [0.2, 0.25) is 0 Å². The van der Waals surface area contributed by atoms with Crippen LogP contribution < -0.4 is 5.73 Å². The monoisotopic (exact) mass is 334 g/mol. The second-order valence-corrected chi connectivity index (χ2v) is 5.97. The predicted octanol–water partition coefficient (Wildman–Crippen LogP) is 5.37. The van der Waals surface area contributed by atoms with Gasteiger partial charge in [0.15, 0.2) is 0 Å². The number of benzene rings is 2. The van der Waals surface area contributed by atoms with Gasteiger partial charge in [0.1, 0.15) is 5.82 Å². The molecule has 0 spiro atoms. The second kappa shape index (κ2) is 5.84. The molecule has 2 aromatic carbocycles. The van der Waals surface area contributed by atoms with Gasteiger partial charge in [-0.1, -0.05) is 35.3 Å². The summed E-state index contributed by atoms with van der Waals surface area (Å²) in [6.45, 7) is 1.85. The SMILES string of the molecule is C[C@H](N)c1cc2cccc(Cl)c2nc1-c1cc(F)ccc1Cl. The average Bonchev–Trinajstić information content (AvgIpc) is 2.49. The summed E-state index contributed by atoms with van der Waals surface area (Å²) in [6.07, 6.45) is 0. The zero-order valence-electron chi connectivity index (χ0n) is 11.8. The van der Waals surface area contributed by atoms with Crippen molar-refractivity contribution in [2.45, 2.75) is 13.0 Å². The largest absolute Gasteiger partial charge is 0.324 e. The van der Waals surface area contributed by atoms with Gasteiger partial charge in [-0.2, -0.15) is 0 Å². The van der Waals surface area contributed by atoms with Crippen molar-refractivity contribution in [1.29, 1.82) is 0 Å². The van der Waals surface area contributed by atoms with Crippen molar-refractivity contribution < 1.29 is 4.39 Å². The first-order valence-corrected chi connectivity index (χ1v) is 7.53. The number of pyridine rings is 1. The summed E-state index contributed by atoms with van der Waals surface area (Å²) in [4.78, 5) is 4.61. The molecule has 0 aliphatic rings. The highest BCUT2D eigenvalue weighted by Crippen LogP contribution is 2.35. The molecule has 0 unspecified atom stereocenters. The van der Waals surface area contributed by atoms with Crippen molar-refractivity contribution in [2.24, 2.45) is 5.73 Å². The summed E-state index contributed by atoms with van der Waals surface area (Å²) in [5.74, 6) is -0.379. The van der Waals surface area contributed by atoms with Crippen molar-refractivity contribution in [2.75, 3.05) is 0 Å². The topological polar surface area (TPSA) is 38.9 Å². The lowest BCUT2D eigenvalue weighted by Gasteiger charge is -2.15. The van der Waals surface area contributed by atoms with Crippen LogP contribution in [0, 0.1) is 5.82 Å². The highest BCUT2D eigenvalue weighted by molar-refractivity contribution is 6.35. The molecule has 3 aromatic rings. The van der Waals surface area contributed by atoms with E-state index in [0.29, 0.717) is 26.8 Å². The fourth-order valence-electron chi connectivity index (χ4n) is 2.42. The van der Waals surface area contributed by atoms with E-state index in [9.17, 15) is 4.39 Å². The van der Waals surface area contributed by atoms with Crippen LogP contribution in [0.5, 0.6) is 0 Å². The molecule has 3 rings (SSSR count). The van der Waals surface area contributed by atoms with Gasteiger partial charge in [-0.15, -0.1) is 0 Å². The summed E-state index contributed by atoms with van der Waals surface area (Å²) in [5, 5.41) is 1.83. The second-order valence-electron chi connectivity index (χ2n) is 5.15. The first-order valence-electron chi connectivity index (χ1n) is 6.77. The van der Waals surface area contributed by atoms with Crippen molar-refractivity contribution in [1.82, 2.24) is 4.98 Å². The molecule has 22 heavy (non-hydrogen) atoms. The van der Waals surface area contributed by atoms with Gasteiger partial charge in [0, 0.05) is 17.0 Å². The van der Waals surface area contributed by atoms with Gasteiger partial charge >= 0.3 is 0 Å². The van der Waals surface area contributed by atoms with Crippen molar-refractivity contribution >= 4 is 34.1 Å². The minimum Gasteiger partial charge on any atom is -0.324 e. The van der Waals surface area contributed by atoms with Gasteiger partial charge < -0.3 is 5.73 Å². The Morgan fingerprint density at radius 3 is 2.59 bits per heavy atom. The lowest BCUT2D eigenvalue weighted by molar-refractivity contribution is 0.628. The molecule has 1 aromatic heterocycles. The Bertz CT molecular complexity index is 863. The number of halogens is 3. The van der Waals surface area contributed by atoms with Crippen LogP contribution in [0.1, 0.15) is 18.5 Å². The molecular formula is C17H13Cl2FN2. The smallest absolute Gasteiger partial charge is 0.123 e. The Kier molecular flexibility index (Phi) is 4.04. The molecule has 0 bridgehead atoms. The zero-order valence-corrected chi connectivity index (χ0v) is 13.3. The van der Waals surface area contributed by atoms with E-state index in [2.05, 4.69) is 4.98 Å². The molecule has 2 N–H and O–H groups in total. The lowest BCUT2D eigenvalue weighted by atomic mass is 9.99. The molecule has 0 saturated heterocycles. The molecule has 0 radical (unpaired) electrons. The van der Waals surface area contributed by atoms with Gasteiger partial charge in [0.25, 0.3) is 0 Å². The molecule has 0 aliphatic heterocycles. The quantitative estimate of drug-likeness (QED) is 0.684. The number of nitrogens with zero attached hydrogens (tertiary/aromatic N) is 1. The first-order chi connectivity index (χ1) is 10.5. The maximum atomic E-state index is 13.6. The molecule has 0 amide bonds. The summed E-state index contributed by atoms with van der Waals surface area (Å²) >= 11 is 12.4. The van der Waals surface area contributed by atoms with E-state index in [1.165, 1.54) is 18.2 Å². The van der Waals surface area contributed by atoms with E-state index < -0.39 is 0 Å². The number of hydrogen-bond donors (Lipinski definition) is 1. The van der Waals surface area contributed by atoms with Crippen LogP contribution in [-0.2, 0) is 0 Å². The molecule has 112 valence electrons. The standard InChI is InChI=1S/C17H13Cl2FN2/c1-9(21)12-7-10-3-2-4-15(19)16(10)22-17(12)13-8-11(20)5-6-14(13)18/h2-9H,21H2,1H3/t9-/m0/s1. The Morgan fingerprint density at radius 2 is 1.86 bits per heavy atom. The number of fused-ring (bicyclic) bond motifs is 1. The normalized spacial score (nSPS) is 12.6. The van der Waals surface area contributed by atoms with Gasteiger partial charge in [0.05, 0.1) is 21.3 Å². The predicted molar refractivity (Wildman–Crippen MR) is 89.8 cm³/mol. The van der Waals surface area contributed by atoms with E-state index in [0.717, 1.165) is 10.9 Å². The number of nitrogens with two attached hydrogens (primary N) is 1. The maximum absolute atomic E-state index is 13.6. The van der Waals surface area contributed by atoms with Crippen LogP contribution in [0.25, 0.3) is 22.2 Å². The fourth-order valence-corrected chi connectivity index (χ4v) is 2.85. The number of para-hydroxylation sites is 1. The van der Waals surface area contributed by atoms with Crippen LogP contribution >= 0.6 is 23.2 Å².